The van der Waals surface area contributed by atoms with Gasteiger partial charge in [0.15, 0.2) is 0 Å². The molecule has 0 aromatic rings. The molecule has 0 aromatic heterocycles. The van der Waals surface area contributed by atoms with E-state index >= 15 is 0 Å². The molecule has 2 heterocycles. The predicted molar refractivity (Wildman–Crippen MR) is 75.6 cm³/mol. The Hall–Kier alpha value is -1.80. The number of rotatable bonds is 5. The van der Waals surface area contributed by atoms with Crippen molar-refractivity contribution in [3.05, 3.63) is 22.2 Å². The first kappa shape index (κ1) is 15.6. The van der Waals surface area contributed by atoms with Crippen molar-refractivity contribution in [1.82, 2.24) is 10.2 Å². The van der Waals surface area contributed by atoms with Crippen LogP contribution < -0.4 is 5.32 Å². The molecule has 7 nitrogen and oxygen atoms in total. The maximum atomic E-state index is 11.9. The smallest absolute Gasteiger partial charge is 0.353 e. The van der Waals surface area contributed by atoms with Crippen LogP contribution in [-0.4, -0.2) is 45.0 Å². The summed E-state index contributed by atoms with van der Waals surface area (Å²) in [6.07, 6.45) is 1.02. The average molecular weight is 312 g/mol. The summed E-state index contributed by atoms with van der Waals surface area (Å²) in [7, 11) is 0. The highest BCUT2D eigenvalue weighted by atomic mass is 32.2. The summed E-state index contributed by atoms with van der Waals surface area (Å²) in [5, 5.41) is 22.9. The second-order valence-electron chi connectivity index (χ2n) is 4.94. The van der Waals surface area contributed by atoms with E-state index in [2.05, 4.69) is 5.32 Å². The van der Waals surface area contributed by atoms with E-state index in [1.54, 1.807) is 5.41 Å². The van der Waals surface area contributed by atoms with Crippen molar-refractivity contribution >= 4 is 29.5 Å². The number of carbonyl (C=O) groups is 3. The second-order valence-corrected chi connectivity index (χ2v) is 5.94. The lowest BCUT2D eigenvalue weighted by atomic mass is 9.83. The van der Waals surface area contributed by atoms with Crippen molar-refractivity contribution < 1.29 is 24.6 Å². The Bertz CT molecular complexity index is 555. The molecule has 0 radical (unpaired) electrons. The van der Waals surface area contributed by atoms with Crippen LogP contribution in [0.25, 0.3) is 0 Å². The molecule has 2 aliphatic rings. The molecule has 0 saturated carbocycles. The minimum Gasteiger partial charge on any atom is -0.477 e. The molecule has 8 heteroatoms. The molecule has 1 fully saturated rings. The van der Waals surface area contributed by atoms with Crippen molar-refractivity contribution in [2.45, 2.75) is 32.4 Å². The summed E-state index contributed by atoms with van der Waals surface area (Å²) < 4.78 is 0. The van der Waals surface area contributed by atoms with Crippen molar-refractivity contribution in [3.63, 3.8) is 0 Å². The molecule has 1 saturated heterocycles. The number of hydrogen-bond donors (Lipinski definition) is 3. The van der Waals surface area contributed by atoms with Gasteiger partial charge in [0.25, 0.3) is 0 Å². The number of carbonyl (C=O) groups excluding carboxylic acids is 2. The van der Waals surface area contributed by atoms with Crippen LogP contribution >= 0.6 is 11.8 Å². The van der Waals surface area contributed by atoms with Crippen LogP contribution in [0.3, 0.4) is 0 Å². The Kier molecular flexibility index (Phi) is 4.38. The Labute approximate surface area is 125 Å². The van der Waals surface area contributed by atoms with E-state index in [0.29, 0.717) is 11.3 Å². The molecule has 2 rings (SSSR count). The quantitative estimate of drug-likeness (QED) is 0.628. The predicted octanol–water partition coefficient (Wildman–Crippen LogP) is 0.235. The minimum absolute atomic E-state index is 0.0284. The van der Waals surface area contributed by atoms with Crippen LogP contribution in [0.15, 0.2) is 22.2 Å². The first-order valence-electron chi connectivity index (χ1n) is 6.41. The molecule has 0 aliphatic carbocycles. The van der Waals surface area contributed by atoms with Gasteiger partial charge < -0.3 is 20.4 Å². The van der Waals surface area contributed by atoms with Gasteiger partial charge in [0.1, 0.15) is 5.70 Å². The van der Waals surface area contributed by atoms with Gasteiger partial charge in [-0.3, -0.25) is 9.59 Å². The van der Waals surface area contributed by atoms with Gasteiger partial charge in [-0.05, 0) is 12.3 Å². The molecule has 1 unspecified atom stereocenters. The van der Waals surface area contributed by atoms with Crippen molar-refractivity contribution in [3.8, 4) is 0 Å². The average Bonchev–Trinajstić information content (AvgIpc) is 2.68. The van der Waals surface area contributed by atoms with E-state index in [-0.39, 0.29) is 23.6 Å². The lowest BCUT2D eigenvalue weighted by Gasteiger charge is -2.44. The number of carboxylic acid groups (broad SMARTS) is 1. The number of nitrogens with zero attached hydrogens (tertiary/aromatic N) is 1. The standard InChI is InChI=1S/C13H16N2O5S/c1-6(16)10-8-5-9(21-4-3-14-7(2)17)11(13(19)20)15(8)12(10)18/h3-4,6,8,10,16H,5H2,1-2H3,(H,14,17)(H,19,20)/t6?,8-,10-/m1/s1. The maximum Gasteiger partial charge on any atom is 0.353 e. The largest absolute Gasteiger partial charge is 0.477 e. The minimum atomic E-state index is -1.16. The van der Waals surface area contributed by atoms with Gasteiger partial charge in [0.2, 0.25) is 11.8 Å². The normalized spacial score (nSPS) is 25.9. The van der Waals surface area contributed by atoms with Crippen LogP contribution in [0.2, 0.25) is 0 Å². The van der Waals surface area contributed by atoms with Gasteiger partial charge in [0.05, 0.1) is 18.1 Å². The van der Waals surface area contributed by atoms with Crippen LogP contribution in [0, 0.1) is 5.92 Å². The summed E-state index contributed by atoms with van der Waals surface area (Å²) in [6.45, 7) is 2.90. The molecule has 21 heavy (non-hydrogen) atoms. The molecule has 0 spiro atoms. The van der Waals surface area contributed by atoms with Gasteiger partial charge >= 0.3 is 5.97 Å². The van der Waals surface area contributed by atoms with Gasteiger partial charge in [-0.2, -0.15) is 0 Å². The molecule has 0 aromatic carbocycles. The van der Waals surface area contributed by atoms with Crippen LogP contribution in [-0.2, 0) is 14.4 Å². The number of aliphatic hydroxyl groups excluding tert-OH is 1. The van der Waals surface area contributed by atoms with Crippen molar-refractivity contribution in [1.29, 1.82) is 0 Å². The number of β-lactam (4-membered cyclic amide) rings is 1. The first-order chi connectivity index (χ1) is 9.84. The zero-order valence-corrected chi connectivity index (χ0v) is 12.4. The molecule has 114 valence electrons. The van der Waals surface area contributed by atoms with Crippen LogP contribution in [0.5, 0.6) is 0 Å². The molecule has 3 atom stereocenters. The monoisotopic (exact) mass is 312 g/mol. The Morgan fingerprint density at radius 1 is 1.52 bits per heavy atom. The van der Waals surface area contributed by atoms with E-state index < -0.39 is 18.0 Å². The fourth-order valence-corrected chi connectivity index (χ4v) is 3.47. The van der Waals surface area contributed by atoms with E-state index in [4.69, 9.17) is 0 Å². The summed E-state index contributed by atoms with van der Waals surface area (Å²) in [5.41, 5.74) is -0.0284. The Balaban J connectivity index is 2.13. The number of fused-ring (bicyclic) bond motifs is 1. The first-order valence-corrected chi connectivity index (χ1v) is 7.29. The number of aliphatic hydroxyl groups is 1. The third-order valence-electron chi connectivity index (χ3n) is 3.46. The Morgan fingerprint density at radius 3 is 2.71 bits per heavy atom. The van der Waals surface area contributed by atoms with E-state index in [1.807, 2.05) is 0 Å². The summed E-state index contributed by atoms with van der Waals surface area (Å²) in [5.74, 6) is -2.28. The number of thioether (sulfide) groups is 1. The maximum absolute atomic E-state index is 11.9. The summed E-state index contributed by atoms with van der Waals surface area (Å²) in [4.78, 5) is 35.8. The van der Waals surface area contributed by atoms with Gasteiger partial charge in [-0.1, -0.05) is 11.8 Å². The second kappa shape index (κ2) is 5.90. The van der Waals surface area contributed by atoms with Gasteiger partial charge in [0, 0.05) is 24.4 Å². The molecular formula is C13H16N2O5S. The van der Waals surface area contributed by atoms with Crippen LogP contribution in [0.4, 0.5) is 0 Å². The highest BCUT2D eigenvalue weighted by Crippen LogP contribution is 2.47. The number of hydrogen-bond acceptors (Lipinski definition) is 5. The zero-order valence-electron chi connectivity index (χ0n) is 11.6. The third kappa shape index (κ3) is 2.81. The van der Waals surface area contributed by atoms with Crippen molar-refractivity contribution in [2.75, 3.05) is 0 Å². The number of amides is 2. The number of nitrogens with one attached hydrogen (secondary N) is 1. The SMILES string of the molecule is CC(=O)NC=CSC1=C(C(=O)O)N2C(=O)[C@H](C(C)O)[C@H]2C1. The molecule has 2 aliphatic heterocycles. The lowest BCUT2D eigenvalue weighted by Crippen LogP contribution is -2.61. The molecule has 2 amide bonds. The summed E-state index contributed by atoms with van der Waals surface area (Å²) >= 11 is 1.15. The molecule has 3 N–H and O–H groups in total. The van der Waals surface area contributed by atoms with E-state index in [0.717, 1.165) is 11.8 Å². The van der Waals surface area contributed by atoms with E-state index in [1.165, 1.54) is 24.9 Å². The zero-order chi connectivity index (χ0) is 15.7. The van der Waals surface area contributed by atoms with Crippen LogP contribution in [0.1, 0.15) is 20.3 Å². The summed E-state index contributed by atoms with van der Waals surface area (Å²) in [6, 6.07) is -0.291. The third-order valence-corrected chi connectivity index (χ3v) is 4.37. The van der Waals surface area contributed by atoms with Crippen molar-refractivity contribution in [2.24, 2.45) is 5.92 Å². The highest BCUT2D eigenvalue weighted by Gasteiger charge is 2.56. The molecule has 0 bridgehead atoms. The topological polar surface area (TPSA) is 107 Å². The fraction of sp³-hybridized carbons (Fsp3) is 0.462. The number of aliphatic carboxylic acids is 1. The highest BCUT2D eigenvalue weighted by molar-refractivity contribution is 8.05. The van der Waals surface area contributed by atoms with E-state index in [9.17, 15) is 24.6 Å². The fourth-order valence-electron chi connectivity index (χ4n) is 2.60. The molecular weight excluding hydrogens is 296 g/mol. The van der Waals surface area contributed by atoms with Gasteiger partial charge in [-0.25, -0.2) is 4.79 Å². The van der Waals surface area contributed by atoms with Gasteiger partial charge in [-0.15, -0.1) is 0 Å². The number of carboxylic acids is 1. The Morgan fingerprint density at radius 2 is 2.19 bits per heavy atom. The lowest BCUT2D eigenvalue weighted by molar-refractivity contribution is -0.161.